The maximum absolute atomic E-state index is 12.2. The normalized spacial score (nSPS) is 11.2. The Morgan fingerprint density at radius 1 is 1.04 bits per heavy atom. The molecule has 2 rings (SSSR count). The monoisotopic (exact) mass is 378 g/mol. The fraction of sp³-hybridized carbons (Fsp3) is 0.350. The van der Waals surface area contributed by atoms with Gasteiger partial charge in [-0.3, -0.25) is 4.79 Å². The van der Waals surface area contributed by atoms with Gasteiger partial charge in [0.1, 0.15) is 0 Å². The van der Waals surface area contributed by atoms with Crippen molar-refractivity contribution in [1.82, 2.24) is 5.32 Å². The molecule has 2 aromatic rings. The first-order valence-corrected chi connectivity index (χ1v) is 8.35. The maximum atomic E-state index is 12.2. The molecule has 0 aliphatic rings. The molecule has 1 atom stereocenters. The van der Waals surface area contributed by atoms with Crippen molar-refractivity contribution < 1.29 is 14.3 Å². The van der Waals surface area contributed by atoms with Crippen LogP contribution in [0.3, 0.4) is 0 Å². The fourth-order valence-electron chi connectivity index (χ4n) is 2.64. The zero-order valence-corrected chi connectivity index (χ0v) is 16.3. The summed E-state index contributed by atoms with van der Waals surface area (Å²) in [5.41, 5.74) is 8.38. The molecule has 0 aromatic heterocycles. The van der Waals surface area contributed by atoms with Crippen molar-refractivity contribution >= 4 is 18.3 Å². The van der Waals surface area contributed by atoms with E-state index in [1.54, 1.807) is 26.4 Å². The Kier molecular flexibility index (Phi) is 8.96. The van der Waals surface area contributed by atoms with Gasteiger partial charge in [0.15, 0.2) is 11.5 Å². The average molecular weight is 379 g/mol. The molecule has 0 fully saturated rings. The molecule has 0 heterocycles. The SMILES string of the molecule is COc1ccc(CC(C)CNC(=O)c2ccc(CN)cc2)cc1OC.Cl. The number of nitrogens with one attached hydrogen (secondary N) is 1. The van der Waals surface area contributed by atoms with E-state index in [4.69, 9.17) is 15.2 Å². The molecule has 1 amide bonds. The Morgan fingerprint density at radius 2 is 1.65 bits per heavy atom. The summed E-state index contributed by atoms with van der Waals surface area (Å²) >= 11 is 0. The minimum atomic E-state index is -0.0669. The molecule has 5 nitrogen and oxygen atoms in total. The Labute approximate surface area is 161 Å². The van der Waals surface area contributed by atoms with Crippen molar-refractivity contribution in [3.8, 4) is 11.5 Å². The number of carbonyl (C=O) groups is 1. The minimum absolute atomic E-state index is 0. The summed E-state index contributed by atoms with van der Waals surface area (Å²) in [5, 5.41) is 2.98. The zero-order valence-electron chi connectivity index (χ0n) is 15.5. The number of nitrogens with two attached hydrogens (primary N) is 1. The lowest BCUT2D eigenvalue weighted by Gasteiger charge is -2.15. The van der Waals surface area contributed by atoms with Crippen molar-refractivity contribution in [1.29, 1.82) is 0 Å². The molecule has 2 aromatic carbocycles. The van der Waals surface area contributed by atoms with Gasteiger partial charge < -0.3 is 20.5 Å². The summed E-state index contributed by atoms with van der Waals surface area (Å²) in [5.74, 6) is 1.66. The Hall–Kier alpha value is -2.24. The van der Waals surface area contributed by atoms with E-state index >= 15 is 0 Å². The predicted molar refractivity (Wildman–Crippen MR) is 106 cm³/mol. The molecule has 3 N–H and O–H groups in total. The average Bonchev–Trinajstić information content (AvgIpc) is 2.66. The van der Waals surface area contributed by atoms with E-state index < -0.39 is 0 Å². The summed E-state index contributed by atoms with van der Waals surface area (Å²) in [4.78, 5) is 12.2. The van der Waals surface area contributed by atoms with Crippen LogP contribution in [0.5, 0.6) is 11.5 Å². The molecule has 0 saturated heterocycles. The topological polar surface area (TPSA) is 73.6 Å². The Bertz CT molecular complexity index is 705. The zero-order chi connectivity index (χ0) is 18.2. The highest BCUT2D eigenvalue weighted by Gasteiger charge is 2.11. The standard InChI is InChI=1S/C20H26N2O3.ClH/c1-14(10-16-6-9-18(24-2)19(11-16)25-3)13-22-20(23)17-7-4-15(12-21)5-8-17;/h4-9,11,14H,10,12-13,21H2,1-3H3,(H,22,23);1H. The molecule has 142 valence electrons. The number of carbonyl (C=O) groups excluding carboxylic acids is 1. The maximum Gasteiger partial charge on any atom is 0.251 e. The van der Waals surface area contributed by atoms with E-state index in [1.165, 1.54) is 0 Å². The van der Waals surface area contributed by atoms with Crippen LogP contribution in [-0.2, 0) is 13.0 Å². The van der Waals surface area contributed by atoms with Crippen molar-refractivity contribution in [2.75, 3.05) is 20.8 Å². The molecule has 6 heteroatoms. The summed E-state index contributed by atoms with van der Waals surface area (Å²) in [7, 11) is 3.25. The van der Waals surface area contributed by atoms with E-state index in [1.807, 2.05) is 30.3 Å². The van der Waals surface area contributed by atoms with Crippen LogP contribution in [0.2, 0.25) is 0 Å². The number of benzene rings is 2. The summed E-state index contributed by atoms with van der Waals surface area (Å²) in [6.45, 7) is 3.19. The van der Waals surface area contributed by atoms with Crippen LogP contribution in [0.15, 0.2) is 42.5 Å². The number of methoxy groups -OCH3 is 2. The first kappa shape index (κ1) is 21.8. The van der Waals surface area contributed by atoms with E-state index in [0.29, 0.717) is 30.3 Å². The number of amides is 1. The third-order valence-corrected chi connectivity index (χ3v) is 4.10. The number of hydrogen-bond donors (Lipinski definition) is 2. The van der Waals surface area contributed by atoms with Gasteiger partial charge in [-0.2, -0.15) is 0 Å². The van der Waals surface area contributed by atoms with E-state index in [2.05, 4.69) is 12.2 Å². The van der Waals surface area contributed by atoms with Gasteiger partial charge in [-0.1, -0.05) is 25.1 Å². The first-order chi connectivity index (χ1) is 12.1. The van der Waals surface area contributed by atoms with Crippen LogP contribution in [0, 0.1) is 5.92 Å². The smallest absolute Gasteiger partial charge is 0.251 e. The van der Waals surface area contributed by atoms with Crippen LogP contribution in [0.4, 0.5) is 0 Å². The molecule has 0 spiro atoms. The second-order valence-electron chi connectivity index (χ2n) is 6.11. The molecular formula is C20H27ClN2O3. The quantitative estimate of drug-likeness (QED) is 0.739. The van der Waals surface area contributed by atoms with Crippen molar-refractivity contribution in [2.45, 2.75) is 19.9 Å². The van der Waals surface area contributed by atoms with E-state index in [9.17, 15) is 4.79 Å². The van der Waals surface area contributed by atoms with E-state index in [0.717, 1.165) is 23.3 Å². The van der Waals surface area contributed by atoms with Gasteiger partial charge in [0.2, 0.25) is 0 Å². The lowest BCUT2D eigenvalue weighted by Crippen LogP contribution is -2.29. The number of rotatable bonds is 8. The molecule has 0 saturated carbocycles. The van der Waals surface area contributed by atoms with Gasteiger partial charge in [-0.25, -0.2) is 0 Å². The highest BCUT2D eigenvalue weighted by molar-refractivity contribution is 5.94. The van der Waals surface area contributed by atoms with Crippen LogP contribution in [-0.4, -0.2) is 26.7 Å². The van der Waals surface area contributed by atoms with Gasteiger partial charge in [0.25, 0.3) is 5.91 Å². The van der Waals surface area contributed by atoms with Crippen molar-refractivity contribution in [2.24, 2.45) is 11.7 Å². The number of hydrogen-bond acceptors (Lipinski definition) is 4. The molecule has 26 heavy (non-hydrogen) atoms. The Morgan fingerprint density at radius 3 is 2.23 bits per heavy atom. The molecule has 0 aliphatic heterocycles. The minimum Gasteiger partial charge on any atom is -0.493 e. The highest BCUT2D eigenvalue weighted by atomic mass is 35.5. The predicted octanol–water partition coefficient (Wildman–Crippen LogP) is 3.19. The molecular weight excluding hydrogens is 352 g/mol. The highest BCUT2D eigenvalue weighted by Crippen LogP contribution is 2.28. The van der Waals surface area contributed by atoms with Gasteiger partial charge in [0.05, 0.1) is 14.2 Å². The van der Waals surface area contributed by atoms with Gasteiger partial charge >= 0.3 is 0 Å². The van der Waals surface area contributed by atoms with Gasteiger partial charge in [0, 0.05) is 18.7 Å². The van der Waals surface area contributed by atoms with Crippen LogP contribution >= 0.6 is 12.4 Å². The number of ether oxygens (including phenoxy) is 2. The molecule has 0 aliphatic carbocycles. The summed E-state index contributed by atoms with van der Waals surface area (Å²) in [6, 6.07) is 13.3. The third kappa shape index (κ3) is 5.93. The first-order valence-electron chi connectivity index (χ1n) is 8.35. The Balaban J connectivity index is 0.00000338. The lowest BCUT2D eigenvalue weighted by atomic mass is 10.0. The van der Waals surface area contributed by atoms with Crippen LogP contribution in [0.25, 0.3) is 0 Å². The van der Waals surface area contributed by atoms with Crippen molar-refractivity contribution in [3.63, 3.8) is 0 Å². The van der Waals surface area contributed by atoms with Crippen LogP contribution < -0.4 is 20.5 Å². The van der Waals surface area contributed by atoms with Gasteiger partial charge in [-0.05, 0) is 47.7 Å². The lowest BCUT2D eigenvalue weighted by molar-refractivity contribution is 0.0948. The summed E-state index contributed by atoms with van der Waals surface area (Å²) in [6.07, 6.45) is 0.840. The third-order valence-electron chi connectivity index (χ3n) is 4.10. The number of halogens is 1. The van der Waals surface area contributed by atoms with E-state index in [-0.39, 0.29) is 18.3 Å². The molecule has 0 bridgehead atoms. The summed E-state index contributed by atoms with van der Waals surface area (Å²) < 4.78 is 10.6. The largest absolute Gasteiger partial charge is 0.493 e. The van der Waals surface area contributed by atoms with Crippen LogP contribution in [0.1, 0.15) is 28.4 Å². The second kappa shape index (κ2) is 10.7. The van der Waals surface area contributed by atoms with Crippen molar-refractivity contribution in [3.05, 3.63) is 59.2 Å². The second-order valence-corrected chi connectivity index (χ2v) is 6.11. The molecule has 0 radical (unpaired) electrons. The fourth-order valence-corrected chi connectivity index (χ4v) is 2.64. The molecule has 1 unspecified atom stereocenters. The van der Waals surface area contributed by atoms with Gasteiger partial charge in [-0.15, -0.1) is 12.4 Å².